The minimum Gasteiger partial charge on any atom is -0.294 e. The van der Waals surface area contributed by atoms with Crippen LogP contribution in [0.25, 0.3) is 0 Å². The molecule has 0 amide bonds. The smallest absolute Gasteiger partial charge is 0.244 e. The van der Waals surface area contributed by atoms with Crippen LogP contribution in [-0.2, 0) is 28.7 Å². The van der Waals surface area contributed by atoms with Gasteiger partial charge in [-0.2, -0.15) is 4.31 Å². The van der Waals surface area contributed by atoms with E-state index in [1.54, 1.807) is 46.1 Å². The molecule has 0 unspecified atom stereocenters. The normalized spacial score (nSPS) is 23.6. The Morgan fingerprint density at radius 2 is 1.90 bits per heavy atom. The largest absolute Gasteiger partial charge is 0.294 e. The molecular weight excluding hydrogens is 409 g/mol. The van der Waals surface area contributed by atoms with Gasteiger partial charge in [0, 0.05) is 31.2 Å². The van der Waals surface area contributed by atoms with Crippen LogP contribution in [0.15, 0.2) is 65.0 Å². The Labute approximate surface area is 173 Å². The number of fused-ring (bicyclic) bond motifs is 2. The Morgan fingerprint density at radius 3 is 2.66 bits per heavy atom. The summed E-state index contributed by atoms with van der Waals surface area (Å²) in [5.74, 6) is -0.327. The van der Waals surface area contributed by atoms with Gasteiger partial charge < -0.3 is 0 Å². The Balaban J connectivity index is 1.54. The summed E-state index contributed by atoms with van der Waals surface area (Å²) in [6, 6.07) is 13.4. The van der Waals surface area contributed by atoms with E-state index in [2.05, 4.69) is 9.88 Å². The molecule has 5 nitrogen and oxygen atoms in total. The van der Waals surface area contributed by atoms with Crippen LogP contribution in [0.3, 0.4) is 0 Å². The molecular formula is C21H20FN3O2S2. The van der Waals surface area contributed by atoms with Crippen LogP contribution in [0.1, 0.15) is 22.6 Å². The van der Waals surface area contributed by atoms with Crippen molar-refractivity contribution in [3.63, 3.8) is 0 Å². The van der Waals surface area contributed by atoms with Gasteiger partial charge in [-0.3, -0.25) is 4.90 Å². The summed E-state index contributed by atoms with van der Waals surface area (Å²) >= 11 is 1.61. The van der Waals surface area contributed by atoms with Crippen LogP contribution >= 0.6 is 11.3 Å². The molecule has 150 valence electrons. The first-order valence-corrected chi connectivity index (χ1v) is 11.8. The van der Waals surface area contributed by atoms with Crippen molar-refractivity contribution in [3.05, 3.63) is 82.1 Å². The summed E-state index contributed by atoms with van der Waals surface area (Å²) in [6.45, 7) is 2.35. The second kappa shape index (κ2) is 6.98. The second-order valence-electron chi connectivity index (χ2n) is 7.55. The van der Waals surface area contributed by atoms with Crippen molar-refractivity contribution in [3.8, 4) is 0 Å². The number of sulfonamides is 1. The highest BCUT2D eigenvalue weighted by Crippen LogP contribution is 2.50. The first-order valence-electron chi connectivity index (χ1n) is 9.47. The molecule has 1 saturated heterocycles. The minimum atomic E-state index is -3.63. The average molecular weight is 430 g/mol. The Morgan fingerprint density at radius 1 is 1.10 bits per heavy atom. The first-order chi connectivity index (χ1) is 14.0. The highest BCUT2D eigenvalue weighted by atomic mass is 32.2. The summed E-state index contributed by atoms with van der Waals surface area (Å²) in [4.78, 5) is 7.03. The van der Waals surface area contributed by atoms with Gasteiger partial charge in [-0.15, -0.1) is 11.3 Å². The van der Waals surface area contributed by atoms with E-state index in [1.165, 1.54) is 12.1 Å². The van der Waals surface area contributed by atoms with Crippen LogP contribution in [0.5, 0.6) is 0 Å². The number of hydrogen-bond donors (Lipinski definition) is 0. The summed E-state index contributed by atoms with van der Waals surface area (Å²) < 4.78 is 41.9. The van der Waals surface area contributed by atoms with Crippen LogP contribution in [0.4, 0.5) is 4.39 Å². The lowest BCUT2D eigenvalue weighted by atomic mass is 9.88. The van der Waals surface area contributed by atoms with Crippen molar-refractivity contribution in [2.75, 3.05) is 13.1 Å². The topological polar surface area (TPSA) is 53.5 Å². The average Bonchev–Trinajstić information content (AvgIpc) is 3.41. The lowest BCUT2D eigenvalue weighted by molar-refractivity contribution is 0.184. The monoisotopic (exact) mass is 429 g/mol. The highest BCUT2D eigenvalue weighted by Gasteiger charge is 2.56. The molecule has 29 heavy (non-hydrogen) atoms. The zero-order chi connectivity index (χ0) is 20.1. The van der Waals surface area contributed by atoms with Gasteiger partial charge in [-0.05, 0) is 35.7 Å². The van der Waals surface area contributed by atoms with Crippen molar-refractivity contribution in [1.29, 1.82) is 0 Å². The maximum Gasteiger partial charge on any atom is 0.244 e. The van der Waals surface area contributed by atoms with Gasteiger partial charge in [0.2, 0.25) is 10.0 Å². The fraction of sp³-hybridized carbons (Fsp3) is 0.286. The van der Waals surface area contributed by atoms with Crippen molar-refractivity contribution >= 4 is 21.4 Å². The molecule has 0 radical (unpaired) electrons. The maximum absolute atomic E-state index is 13.5. The summed E-state index contributed by atoms with van der Waals surface area (Å²) in [5, 5.41) is 2.98. The Kier molecular flexibility index (Phi) is 4.54. The van der Waals surface area contributed by atoms with Gasteiger partial charge in [0.05, 0.1) is 17.0 Å². The number of hydrogen-bond acceptors (Lipinski definition) is 5. The van der Waals surface area contributed by atoms with Gasteiger partial charge in [-0.25, -0.2) is 17.8 Å². The molecule has 1 fully saturated rings. The van der Waals surface area contributed by atoms with Gasteiger partial charge in [0.1, 0.15) is 10.8 Å². The molecule has 1 spiro atoms. The third kappa shape index (κ3) is 3.11. The Bertz CT molecular complexity index is 1130. The van der Waals surface area contributed by atoms with Crippen molar-refractivity contribution in [2.45, 2.75) is 29.9 Å². The predicted octanol–water partition coefficient (Wildman–Crippen LogP) is 3.59. The minimum absolute atomic E-state index is 0.225. The van der Waals surface area contributed by atoms with Crippen molar-refractivity contribution in [1.82, 2.24) is 14.2 Å². The first kappa shape index (κ1) is 18.9. The van der Waals surface area contributed by atoms with Gasteiger partial charge >= 0.3 is 0 Å². The Hall–Kier alpha value is -2.13. The van der Waals surface area contributed by atoms with Gasteiger partial charge in [0.25, 0.3) is 0 Å². The molecule has 2 aliphatic heterocycles. The van der Waals surface area contributed by atoms with E-state index in [1.807, 2.05) is 17.5 Å². The molecule has 3 aromatic rings. The van der Waals surface area contributed by atoms with Crippen LogP contribution < -0.4 is 0 Å². The summed E-state index contributed by atoms with van der Waals surface area (Å²) in [6.07, 6.45) is 2.51. The predicted molar refractivity (Wildman–Crippen MR) is 109 cm³/mol. The number of aromatic nitrogens is 1. The third-order valence-electron chi connectivity index (χ3n) is 5.84. The molecule has 1 atom stereocenters. The number of nitrogens with zero attached hydrogens (tertiary/aromatic N) is 3. The van der Waals surface area contributed by atoms with Crippen molar-refractivity contribution in [2.24, 2.45) is 0 Å². The number of benzene rings is 2. The summed E-state index contributed by atoms with van der Waals surface area (Å²) in [5.41, 5.74) is 1.03. The van der Waals surface area contributed by atoms with Crippen LogP contribution in [0.2, 0.25) is 0 Å². The van der Waals surface area contributed by atoms with E-state index >= 15 is 0 Å². The maximum atomic E-state index is 13.5. The van der Waals surface area contributed by atoms with E-state index in [4.69, 9.17) is 0 Å². The molecule has 0 aliphatic carbocycles. The fourth-order valence-electron chi connectivity index (χ4n) is 4.50. The zero-order valence-corrected chi connectivity index (χ0v) is 17.3. The van der Waals surface area contributed by atoms with Crippen LogP contribution in [-0.4, -0.2) is 35.7 Å². The standard InChI is InChI=1S/C21H20FN3O2S2/c22-17-7-5-16(6-8-17)13-25-21(18-3-1-2-4-19(18)29(25,26)27)9-11-24(15-21)14-20-23-10-12-28-20/h1-8,10,12H,9,11,13-15H2/t21-/m1/s1. The molecule has 0 bridgehead atoms. The molecule has 2 aromatic carbocycles. The lowest BCUT2D eigenvalue weighted by Crippen LogP contribution is -2.45. The number of likely N-dealkylation sites (tertiary alicyclic amines) is 1. The van der Waals surface area contributed by atoms with Crippen molar-refractivity contribution < 1.29 is 12.8 Å². The molecule has 0 N–H and O–H groups in total. The van der Waals surface area contributed by atoms with Gasteiger partial charge in [-0.1, -0.05) is 30.3 Å². The number of halogens is 1. The number of rotatable bonds is 4. The van der Waals surface area contributed by atoms with E-state index in [9.17, 15) is 12.8 Å². The zero-order valence-electron chi connectivity index (χ0n) is 15.7. The molecule has 8 heteroatoms. The SMILES string of the molecule is O=S1(=O)c2ccccc2[C@]2(CCN(Cc3nccs3)C2)N1Cc1ccc(F)cc1. The quantitative estimate of drug-likeness (QED) is 0.636. The molecule has 2 aliphatic rings. The molecule has 3 heterocycles. The van der Waals surface area contributed by atoms with Crippen LogP contribution in [0, 0.1) is 5.82 Å². The van der Waals surface area contributed by atoms with E-state index in [0.717, 1.165) is 29.1 Å². The summed E-state index contributed by atoms with van der Waals surface area (Å²) in [7, 11) is -3.63. The lowest BCUT2D eigenvalue weighted by Gasteiger charge is -2.34. The second-order valence-corrected chi connectivity index (χ2v) is 10.4. The molecule has 0 saturated carbocycles. The number of thiazole rings is 1. The van der Waals surface area contributed by atoms with Gasteiger partial charge in [0.15, 0.2) is 0 Å². The van der Waals surface area contributed by atoms with E-state index < -0.39 is 15.6 Å². The van der Waals surface area contributed by atoms with E-state index in [-0.39, 0.29) is 12.4 Å². The fourth-order valence-corrected chi connectivity index (χ4v) is 7.21. The molecule has 5 rings (SSSR count). The van der Waals surface area contributed by atoms with E-state index in [0.29, 0.717) is 18.0 Å². The third-order valence-corrected chi connectivity index (χ3v) is 8.58. The highest BCUT2D eigenvalue weighted by molar-refractivity contribution is 7.89. The molecule has 1 aromatic heterocycles.